The van der Waals surface area contributed by atoms with Crippen LogP contribution < -0.4 is 10.2 Å². The van der Waals surface area contributed by atoms with Crippen molar-refractivity contribution in [3.8, 4) is 0 Å². The Balaban J connectivity index is 1.69. The van der Waals surface area contributed by atoms with E-state index >= 15 is 0 Å². The summed E-state index contributed by atoms with van der Waals surface area (Å²) in [6.07, 6.45) is 5.82. The van der Waals surface area contributed by atoms with Crippen molar-refractivity contribution >= 4 is 5.69 Å². The van der Waals surface area contributed by atoms with Crippen molar-refractivity contribution < 1.29 is 0 Å². The largest absolute Gasteiger partial charge is 0.370 e. The maximum Gasteiger partial charge on any atom is 0.0412 e. The number of nitrogens with zero attached hydrogens (tertiary/aromatic N) is 1. The van der Waals surface area contributed by atoms with E-state index in [1.807, 2.05) is 0 Å². The lowest BCUT2D eigenvalue weighted by molar-refractivity contribution is 0.221. The van der Waals surface area contributed by atoms with Crippen molar-refractivity contribution in [2.24, 2.45) is 5.41 Å². The van der Waals surface area contributed by atoms with Crippen LogP contribution in [-0.4, -0.2) is 19.6 Å². The Morgan fingerprint density at radius 1 is 1.17 bits per heavy atom. The molecule has 1 aromatic rings. The van der Waals surface area contributed by atoms with Gasteiger partial charge >= 0.3 is 0 Å². The third kappa shape index (κ3) is 2.14. The first-order valence-corrected chi connectivity index (χ1v) is 7.37. The topological polar surface area (TPSA) is 15.3 Å². The fourth-order valence-corrected chi connectivity index (χ4v) is 3.60. The Morgan fingerprint density at radius 2 is 1.89 bits per heavy atom. The molecule has 0 aromatic heterocycles. The van der Waals surface area contributed by atoms with Crippen molar-refractivity contribution in [2.45, 2.75) is 39.2 Å². The fraction of sp³-hybridized carbons (Fsp3) is 0.625. The molecule has 2 fully saturated rings. The Kier molecular flexibility index (Phi) is 3.29. The van der Waals surface area contributed by atoms with Crippen molar-refractivity contribution in [3.63, 3.8) is 0 Å². The molecule has 1 saturated carbocycles. The number of rotatable bonds is 4. The van der Waals surface area contributed by atoms with Gasteiger partial charge in [0.2, 0.25) is 0 Å². The van der Waals surface area contributed by atoms with Crippen LogP contribution in [0.5, 0.6) is 0 Å². The van der Waals surface area contributed by atoms with E-state index in [1.54, 1.807) is 0 Å². The number of nitrogens with one attached hydrogen (secondary N) is 1. The molecular formula is C16H24N2. The molecule has 1 spiro atoms. The lowest BCUT2D eigenvalue weighted by Crippen LogP contribution is -2.55. The second-order valence-corrected chi connectivity index (χ2v) is 5.97. The van der Waals surface area contributed by atoms with E-state index in [9.17, 15) is 0 Å². The van der Waals surface area contributed by atoms with Gasteiger partial charge in [0.25, 0.3) is 0 Å². The summed E-state index contributed by atoms with van der Waals surface area (Å²) in [5.74, 6) is 0. The summed E-state index contributed by atoms with van der Waals surface area (Å²) in [4.78, 5) is 2.58. The van der Waals surface area contributed by atoms with Crippen LogP contribution in [0.2, 0.25) is 0 Å². The molecule has 3 rings (SSSR count). The van der Waals surface area contributed by atoms with Crippen molar-refractivity contribution in [1.82, 2.24) is 5.32 Å². The van der Waals surface area contributed by atoms with Gasteiger partial charge in [-0.05, 0) is 31.0 Å². The van der Waals surface area contributed by atoms with Crippen LogP contribution in [0, 0.1) is 5.41 Å². The highest BCUT2D eigenvalue weighted by Crippen LogP contribution is 2.47. The number of hydrogen-bond donors (Lipinski definition) is 1. The fourth-order valence-electron chi connectivity index (χ4n) is 3.60. The predicted octanol–water partition coefficient (Wildman–Crippen LogP) is 3.18. The van der Waals surface area contributed by atoms with E-state index in [1.165, 1.54) is 50.0 Å². The van der Waals surface area contributed by atoms with Gasteiger partial charge in [-0.1, -0.05) is 38.0 Å². The van der Waals surface area contributed by atoms with E-state index < -0.39 is 0 Å². The number of anilines is 1. The first-order chi connectivity index (χ1) is 8.83. The van der Waals surface area contributed by atoms with Gasteiger partial charge in [0.15, 0.2) is 0 Å². The summed E-state index contributed by atoms with van der Waals surface area (Å²) in [6, 6.07) is 8.87. The van der Waals surface area contributed by atoms with Crippen molar-refractivity contribution in [1.29, 1.82) is 0 Å². The van der Waals surface area contributed by atoms with E-state index in [4.69, 9.17) is 0 Å². The quantitative estimate of drug-likeness (QED) is 0.875. The van der Waals surface area contributed by atoms with E-state index in [2.05, 4.69) is 41.4 Å². The molecule has 1 saturated heterocycles. The molecule has 0 unspecified atom stereocenters. The first kappa shape index (κ1) is 12.0. The predicted molar refractivity (Wildman–Crippen MR) is 76.9 cm³/mol. The Labute approximate surface area is 110 Å². The summed E-state index contributed by atoms with van der Waals surface area (Å²) < 4.78 is 0. The van der Waals surface area contributed by atoms with Gasteiger partial charge in [-0.25, -0.2) is 0 Å². The average Bonchev–Trinajstić information content (AvgIpc) is 2.84. The molecule has 1 N–H and O–H groups in total. The number of hydrogen-bond acceptors (Lipinski definition) is 2. The Morgan fingerprint density at radius 3 is 2.61 bits per heavy atom. The summed E-state index contributed by atoms with van der Waals surface area (Å²) >= 11 is 0. The maximum atomic E-state index is 3.44. The van der Waals surface area contributed by atoms with Crippen molar-refractivity contribution in [2.75, 3.05) is 24.5 Å². The highest BCUT2D eigenvalue weighted by molar-refractivity contribution is 5.56. The molecular weight excluding hydrogens is 220 g/mol. The van der Waals surface area contributed by atoms with Crippen molar-refractivity contribution in [3.05, 3.63) is 29.8 Å². The molecule has 2 nitrogen and oxygen atoms in total. The van der Waals surface area contributed by atoms with Gasteiger partial charge < -0.3 is 10.2 Å². The Hall–Kier alpha value is -1.02. The van der Waals surface area contributed by atoms with E-state index in [-0.39, 0.29) is 0 Å². The van der Waals surface area contributed by atoms with Crippen LogP contribution in [0.4, 0.5) is 5.69 Å². The molecule has 1 aromatic carbocycles. The third-order valence-corrected chi connectivity index (χ3v) is 4.61. The van der Waals surface area contributed by atoms with Crippen LogP contribution in [0.25, 0.3) is 0 Å². The van der Waals surface area contributed by atoms with Crippen LogP contribution in [0.15, 0.2) is 24.3 Å². The standard InChI is InChI=1S/C16H24N2/c1-2-17-11-14-7-3-4-8-15(14)18-12-16(13-18)9-5-6-10-16/h3-4,7-8,17H,2,5-6,9-13H2,1H3. The highest BCUT2D eigenvalue weighted by atomic mass is 15.2. The lowest BCUT2D eigenvalue weighted by atomic mass is 9.78. The zero-order valence-corrected chi connectivity index (χ0v) is 11.4. The molecule has 0 amide bonds. The van der Waals surface area contributed by atoms with Gasteiger partial charge in [0, 0.05) is 30.7 Å². The van der Waals surface area contributed by atoms with E-state index in [0.29, 0.717) is 5.41 Å². The molecule has 2 aliphatic rings. The molecule has 0 bridgehead atoms. The smallest absolute Gasteiger partial charge is 0.0412 e. The molecule has 1 heterocycles. The van der Waals surface area contributed by atoms with Crippen LogP contribution >= 0.6 is 0 Å². The Bertz CT molecular complexity index is 399. The van der Waals surface area contributed by atoms with Gasteiger partial charge in [-0.3, -0.25) is 0 Å². The zero-order chi connectivity index (χ0) is 12.4. The highest BCUT2D eigenvalue weighted by Gasteiger charge is 2.44. The first-order valence-electron chi connectivity index (χ1n) is 7.37. The molecule has 98 valence electrons. The lowest BCUT2D eigenvalue weighted by Gasteiger charge is -2.50. The molecule has 1 aliphatic heterocycles. The van der Waals surface area contributed by atoms with Gasteiger partial charge in [-0.15, -0.1) is 0 Å². The summed E-state index contributed by atoms with van der Waals surface area (Å²) in [5, 5.41) is 3.44. The molecule has 18 heavy (non-hydrogen) atoms. The minimum Gasteiger partial charge on any atom is -0.370 e. The molecule has 0 radical (unpaired) electrons. The summed E-state index contributed by atoms with van der Waals surface area (Å²) in [6.45, 7) is 6.78. The molecule has 0 atom stereocenters. The molecule has 2 heteroatoms. The van der Waals surface area contributed by atoms with Gasteiger partial charge in [-0.2, -0.15) is 0 Å². The second kappa shape index (κ2) is 4.93. The monoisotopic (exact) mass is 244 g/mol. The van der Waals surface area contributed by atoms with Crippen LogP contribution in [-0.2, 0) is 6.54 Å². The number of benzene rings is 1. The normalized spacial score (nSPS) is 21.3. The SMILES string of the molecule is CCNCc1ccccc1N1CC2(CCCC2)C1. The molecule has 1 aliphatic carbocycles. The van der Waals surface area contributed by atoms with Gasteiger partial charge in [0.1, 0.15) is 0 Å². The van der Waals surface area contributed by atoms with Crippen LogP contribution in [0.3, 0.4) is 0 Å². The third-order valence-electron chi connectivity index (χ3n) is 4.61. The van der Waals surface area contributed by atoms with Gasteiger partial charge in [0.05, 0.1) is 0 Å². The minimum atomic E-state index is 0.686. The summed E-state index contributed by atoms with van der Waals surface area (Å²) in [7, 11) is 0. The van der Waals surface area contributed by atoms with E-state index in [0.717, 1.165) is 13.1 Å². The average molecular weight is 244 g/mol. The minimum absolute atomic E-state index is 0.686. The second-order valence-electron chi connectivity index (χ2n) is 5.97. The number of para-hydroxylation sites is 1. The zero-order valence-electron chi connectivity index (χ0n) is 11.4. The van der Waals surface area contributed by atoms with Crippen LogP contribution in [0.1, 0.15) is 38.2 Å². The summed E-state index contributed by atoms with van der Waals surface area (Å²) in [5.41, 5.74) is 3.59. The maximum absolute atomic E-state index is 3.44.